The van der Waals surface area contributed by atoms with Gasteiger partial charge in [0.2, 0.25) is 5.91 Å². The van der Waals surface area contributed by atoms with E-state index in [1.54, 1.807) is 26.2 Å². The minimum absolute atomic E-state index is 0.226. The molecule has 0 aliphatic rings. The number of thiazole rings is 1. The van der Waals surface area contributed by atoms with E-state index in [2.05, 4.69) is 15.6 Å². The summed E-state index contributed by atoms with van der Waals surface area (Å²) in [5.74, 6) is -1.47. The number of benzene rings is 1. The van der Waals surface area contributed by atoms with E-state index < -0.39 is 29.6 Å². The molecule has 150 valence electrons. The first-order chi connectivity index (χ1) is 13.1. The first-order valence-corrected chi connectivity index (χ1v) is 9.51. The Morgan fingerprint density at radius 3 is 2.50 bits per heavy atom. The molecule has 0 spiro atoms. The van der Waals surface area contributed by atoms with Crippen LogP contribution in [0.2, 0.25) is 0 Å². The Morgan fingerprint density at radius 2 is 1.89 bits per heavy atom. The van der Waals surface area contributed by atoms with Gasteiger partial charge < -0.3 is 20.5 Å². The summed E-state index contributed by atoms with van der Waals surface area (Å²) >= 11 is 1.12. The molecule has 0 bridgehead atoms. The number of hydrogen-bond acceptors (Lipinski definition) is 6. The quantitative estimate of drug-likeness (QED) is 0.652. The van der Waals surface area contributed by atoms with Gasteiger partial charge in [-0.3, -0.25) is 9.59 Å². The molecule has 0 saturated heterocycles. The van der Waals surface area contributed by atoms with Gasteiger partial charge >= 0.3 is 12.1 Å². The van der Waals surface area contributed by atoms with Crippen LogP contribution >= 0.6 is 11.3 Å². The van der Waals surface area contributed by atoms with Crippen molar-refractivity contribution in [3.8, 4) is 0 Å². The molecule has 0 aliphatic carbocycles. The summed E-state index contributed by atoms with van der Waals surface area (Å²) in [7, 11) is 0. The second-order valence-electron chi connectivity index (χ2n) is 7.09. The second kappa shape index (κ2) is 9.32. The van der Waals surface area contributed by atoms with Gasteiger partial charge in [0.15, 0.2) is 5.13 Å². The van der Waals surface area contributed by atoms with Crippen molar-refractivity contribution < 1.29 is 24.2 Å². The van der Waals surface area contributed by atoms with E-state index in [1.807, 2.05) is 30.3 Å². The zero-order valence-corrected chi connectivity index (χ0v) is 16.7. The maximum atomic E-state index is 12.7. The number of anilines is 1. The first-order valence-electron chi connectivity index (χ1n) is 8.63. The van der Waals surface area contributed by atoms with Crippen molar-refractivity contribution in [1.29, 1.82) is 0 Å². The van der Waals surface area contributed by atoms with Crippen LogP contribution in [0.5, 0.6) is 0 Å². The number of carbonyl (C=O) groups excluding carboxylic acids is 2. The normalized spacial score (nSPS) is 12.1. The highest BCUT2D eigenvalue weighted by atomic mass is 32.1. The molecule has 0 saturated carbocycles. The molecule has 1 atom stereocenters. The van der Waals surface area contributed by atoms with Crippen molar-refractivity contribution in [3.63, 3.8) is 0 Å². The molecule has 9 heteroatoms. The van der Waals surface area contributed by atoms with Crippen molar-refractivity contribution in [3.05, 3.63) is 47.0 Å². The number of aromatic nitrogens is 1. The van der Waals surface area contributed by atoms with Gasteiger partial charge in [0, 0.05) is 11.8 Å². The summed E-state index contributed by atoms with van der Waals surface area (Å²) < 4.78 is 5.25. The molecule has 28 heavy (non-hydrogen) atoms. The average molecular weight is 405 g/mol. The van der Waals surface area contributed by atoms with E-state index in [0.717, 1.165) is 16.9 Å². The number of carboxylic acid groups (broad SMARTS) is 1. The fourth-order valence-corrected chi connectivity index (χ4v) is 3.02. The Morgan fingerprint density at radius 1 is 1.21 bits per heavy atom. The molecule has 8 nitrogen and oxygen atoms in total. The van der Waals surface area contributed by atoms with Gasteiger partial charge in [0.1, 0.15) is 11.6 Å². The van der Waals surface area contributed by atoms with Crippen LogP contribution in [0.1, 0.15) is 32.0 Å². The fraction of sp³-hybridized carbons (Fsp3) is 0.368. The summed E-state index contributed by atoms with van der Waals surface area (Å²) in [5.41, 5.74) is 0.524. The molecular formula is C19H23N3O5S. The highest BCUT2D eigenvalue weighted by Gasteiger charge is 2.25. The molecule has 1 aromatic carbocycles. The van der Waals surface area contributed by atoms with Gasteiger partial charge in [-0.1, -0.05) is 30.3 Å². The molecule has 1 aromatic heterocycles. The zero-order chi connectivity index (χ0) is 20.7. The van der Waals surface area contributed by atoms with Crippen molar-refractivity contribution in [2.45, 2.75) is 45.3 Å². The zero-order valence-electron chi connectivity index (χ0n) is 15.9. The third-order valence-electron chi connectivity index (χ3n) is 3.40. The van der Waals surface area contributed by atoms with E-state index in [4.69, 9.17) is 9.84 Å². The van der Waals surface area contributed by atoms with Gasteiger partial charge in [-0.15, -0.1) is 11.3 Å². The largest absolute Gasteiger partial charge is 0.481 e. The number of amides is 2. The monoisotopic (exact) mass is 405 g/mol. The minimum atomic E-state index is -1.00. The lowest BCUT2D eigenvalue weighted by Crippen LogP contribution is -2.47. The summed E-state index contributed by atoms with van der Waals surface area (Å²) in [4.78, 5) is 39.7. The van der Waals surface area contributed by atoms with Crippen molar-refractivity contribution in [1.82, 2.24) is 10.3 Å². The molecular weight excluding hydrogens is 382 g/mol. The van der Waals surface area contributed by atoms with E-state index in [0.29, 0.717) is 5.69 Å². The molecule has 3 N–H and O–H groups in total. The third-order valence-corrected chi connectivity index (χ3v) is 4.21. The number of alkyl carbamates (subject to hydrolysis) is 1. The Labute approximate surface area is 166 Å². The number of carbonyl (C=O) groups is 3. The van der Waals surface area contributed by atoms with E-state index >= 15 is 0 Å². The highest BCUT2D eigenvalue weighted by molar-refractivity contribution is 7.13. The number of nitrogens with one attached hydrogen (secondary N) is 2. The van der Waals surface area contributed by atoms with Gasteiger partial charge in [0.05, 0.1) is 12.1 Å². The maximum Gasteiger partial charge on any atom is 0.408 e. The van der Waals surface area contributed by atoms with Gasteiger partial charge in [0.25, 0.3) is 0 Å². The Balaban J connectivity index is 2.10. The van der Waals surface area contributed by atoms with Crippen LogP contribution in [0.25, 0.3) is 0 Å². The SMILES string of the molecule is CC(C)(C)OC(=O)NC(Cc1ccccc1)C(=O)Nc1nc(CC(=O)O)cs1. The van der Waals surface area contributed by atoms with Gasteiger partial charge in [-0.25, -0.2) is 9.78 Å². The average Bonchev–Trinajstić information content (AvgIpc) is 2.99. The number of hydrogen-bond donors (Lipinski definition) is 3. The van der Waals surface area contributed by atoms with Crippen LogP contribution in [0.15, 0.2) is 35.7 Å². The molecule has 0 radical (unpaired) electrons. The highest BCUT2D eigenvalue weighted by Crippen LogP contribution is 2.17. The number of rotatable bonds is 7. The van der Waals surface area contributed by atoms with Crippen molar-refractivity contribution in [2.75, 3.05) is 5.32 Å². The lowest BCUT2D eigenvalue weighted by Gasteiger charge is -2.23. The first kappa shape index (κ1) is 21.4. The van der Waals surface area contributed by atoms with Crippen LogP contribution < -0.4 is 10.6 Å². The van der Waals surface area contributed by atoms with E-state index in [-0.39, 0.29) is 18.0 Å². The molecule has 2 amide bonds. The molecule has 2 rings (SSSR count). The summed E-state index contributed by atoms with van der Waals surface area (Å²) in [5, 5.41) is 15.9. The predicted molar refractivity (Wildman–Crippen MR) is 105 cm³/mol. The van der Waals surface area contributed by atoms with E-state index in [1.165, 1.54) is 0 Å². The number of aliphatic carboxylic acids is 1. The summed E-state index contributed by atoms with van der Waals surface area (Å²) in [6.07, 6.45) is -0.663. The smallest absolute Gasteiger partial charge is 0.408 e. The number of nitrogens with zero attached hydrogens (tertiary/aromatic N) is 1. The minimum Gasteiger partial charge on any atom is -0.481 e. The summed E-state index contributed by atoms with van der Waals surface area (Å²) in [6.45, 7) is 5.20. The number of ether oxygens (including phenoxy) is 1. The van der Waals surface area contributed by atoms with Crippen molar-refractivity contribution >= 4 is 34.4 Å². The van der Waals surface area contributed by atoms with Crippen molar-refractivity contribution in [2.24, 2.45) is 0 Å². The Bertz CT molecular complexity index is 830. The number of carboxylic acids is 1. The predicted octanol–water partition coefficient (Wildman–Crippen LogP) is 2.84. The molecule has 2 aromatic rings. The second-order valence-corrected chi connectivity index (χ2v) is 7.95. The van der Waals surface area contributed by atoms with Crippen LogP contribution in [0.4, 0.5) is 9.93 Å². The van der Waals surface area contributed by atoms with E-state index in [9.17, 15) is 14.4 Å². The van der Waals surface area contributed by atoms with Crippen LogP contribution in [-0.4, -0.2) is 39.7 Å². The standard InChI is InChI=1S/C19H23N3O5S/c1-19(2,3)27-18(26)21-14(9-12-7-5-4-6-8-12)16(25)22-17-20-13(11-28-17)10-15(23)24/h4-8,11,14H,9-10H2,1-3H3,(H,21,26)(H,23,24)(H,20,22,25). The lowest BCUT2D eigenvalue weighted by molar-refractivity contribution is -0.136. The van der Waals surface area contributed by atoms with Crippen LogP contribution in [0.3, 0.4) is 0 Å². The summed E-state index contributed by atoms with van der Waals surface area (Å²) in [6, 6.07) is 8.37. The molecule has 1 heterocycles. The molecule has 0 fully saturated rings. The molecule has 0 aliphatic heterocycles. The maximum absolute atomic E-state index is 12.7. The Kier molecular flexibility index (Phi) is 7.11. The lowest BCUT2D eigenvalue weighted by atomic mass is 10.1. The van der Waals surface area contributed by atoms with Crippen LogP contribution in [-0.2, 0) is 27.2 Å². The topological polar surface area (TPSA) is 118 Å². The van der Waals surface area contributed by atoms with Crippen LogP contribution in [0, 0.1) is 0 Å². The third kappa shape index (κ3) is 7.36. The van der Waals surface area contributed by atoms with Gasteiger partial charge in [-0.2, -0.15) is 0 Å². The fourth-order valence-electron chi connectivity index (χ4n) is 2.30. The Hall–Kier alpha value is -2.94. The molecule has 1 unspecified atom stereocenters. The van der Waals surface area contributed by atoms with Gasteiger partial charge in [-0.05, 0) is 26.3 Å².